The molecule has 0 aromatic rings. The number of hydrogen-bond acceptors (Lipinski definition) is 3. The fourth-order valence-corrected chi connectivity index (χ4v) is 0.400. The van der Waals surface area contributed by atoms with Crippen LogP contribution in [0.25, 0.3) is 0 Å². The van der Waals surface area contributed by atoms with Crippen molar-refractivity contribution in [2.45, 2.75) is 12.8 Å². The summed E-state index contributed by atoms with van der Waals surface area (Å²) in [4.78, 5) is 29.9. The molecule has 0 heterocycles. The number of Topliss-reactive ketones (excluding diaryl/α,β-unsaturated/α-hetero) is 1. The van der Waals surface area contributed by atoms with Crippen LogP contribution >= 0.6 is 0 Å². The second kappa shape index (κ2) is 5.95. The van der Waals surface area contributed by atoms with Crippen molar-refractivity contribution in [2.75, 3.05) is 0 Å². The Morgan fingerprint density at radius 2 is 1.27 bits per heavy atom. The number of rotatable bonds is 4. The normalized spacial score (nSPS) is 8.00. The van der Waals surface area contributed by atoms with E-state index < -0.39 is 30.6 Å². The van der Waals surface area contributed by atoms with Crippen LogP contribution < -0.4 is 18.9 Å². The van der Waals surface area contributed by atoms with Crippen molar-refractivity contribution >= 4 is 17.7 Å². The van der Waals surface area contributed by atoms with E-state index in [-0.39, 0.29) is 20.3 Å². The van der Waals surface area contributed by atoms with Gasteiger partial charge >= 0.3 is 30.8 Å². The van der Waals surface area contributed by atoms with Crippen molar-refractivity contribution in [2.24, 2.45) is 0 Å². The Kier molecular flexibility index (Phi) is 6.95. The van der Waals surface area contributed by atoms with E-state index in [4.69, 9.17) is 10.2 Å². The van der Waals surface area contributed by atoms with Gasteiger partial charge in [-0.2, -0.15) is 0 Å². The Bertz CT molecular complexity index is 163. The van der Waals surface area contributed by atoms with Crippen LogP contribution in [0.15, 0.2) is 0 Å². The van der Waals surface area contributed by atoms with Gasteiger partial charge in [-0.3, -0.25) is 14.4 Å². The van der Waals surface area contributed by atoms with Crippen LogP contribution in [-0.2, 0) is 14.4 Å². The molecule has 0 aliphatic carbocycles. The van der Waals surface area contributed by atoms with Crippen LogP contribution in [0.5, 0.6) is 0 Å². The zero-order valence-corrected chi connectivity index (χ0v) is 6.03. The van der Waals surface area contributed by atoms with E-state index in [0.29, 0.717) is 0 Å². The maximum atomic E-state index is 10.3. The minimum atomic E-state index is -1.30. The zero-order chi connectivity index (χ0) is 8.15. The summed E-state index contributed by atoms with van der Waals surface area (Å²) in [6, 6.07) is 0. The predicted molar refractivity (Wildman–Crippen MR) is 30.6 cm³/mol. The van der Waals surface area contributed by atoms with Crippen molar-refractivity contribution in [3.8, 4) is 0 Å². The molecule has 0 saturated heterocycles. The first-order valence-electron chi connectivity index (χ1n) is 2.47. The molecule has 0 unspecified atom stereocenters. The fourth-order valence-electron chi connectivity index (χ4n) is 0.400. The summed E-state index contributed by atoms with van der Waals surface area (Å²) in [6.45, 7) is 0. The molecule has 0 amide bonds. The Morgan fingerprint density at radius 3 is 1.45 bits per heavy atom. The van der Waals surface area contributed by atoms with E-state index in [1.165, 1.54) is 0 Å². The van der Waals surface area contributed by atoms with Gasteiger partial charge < -0.3 is 11.6 Å². The third-order valence-corrected chi connectivity index (χ3v) is 0.697. The first-order valence-corrected chi connectivity index (χ1v) is 2.47. The van der Waals surface area contributed by atoms with Gasteiger partial charge in [0.15, 0.2) is 5.78 Å². The average molecular weight is 154 g/mol. The second-order valence-electron chi connectivity index (χ2n) is 1.68. The van der Waals surface area contributed by atoms with Gasteiger partial charge in [0.05, 0.1) is 0 Å². The summed E-state index contributed by atoms with van der Waals surface area (Å²) in [5.74, 6) is -3.39. The van der Waals surface area contributed by atoms with Crippen LogP contribution in [0.4, 0.5) is 0 Å². The molecule has 0 atom stereocenters. The van der Waals surface area contributed by atoms with E-state index >= 15 is 0 Å². The van der Waals surface area contributed by atoms with Crippen LogP contribution in [0, 0.1) is 0 Å². The number of ketones is 1. The standard InChI is InChI=1S/C5H6O5.Li.H/c6-3(1-4(7)8)2-5(9)10;;/h1-2H2,(H,7,8)(H,9,10);;/q;+1;-1. The van der Waals surface area contributed by atoms with E-state index in [1.54, 1.807) is 0 Å². The van der Waals surface area contributed by atoms with Gasteiger partial charge in [0.2, 0.25) is 0 Å². The zero-order valence-electron chi connectivity index (χ0n) is 7.03. The molecule has 0 aromatic carbocycles. The predicted octanol–water partition coefficient (Wildman–Crippen LogP) is -3.38. The van der Waals surface area contributed by atoms with Crippen LogP contribution in [0.2, 0.25) is 0 Å². The molecule has 11 heavy (non-hydrogen) atoms. The van der Waals surface area contributed by atoms with E-state index in [9.17, 15) is 14.4 Å². The Hall–Kier alpha value is -0.793. The molecule has 0 aliphatic heterocycles. The summed E-state index contributed by atoms with van der Waals surface area (Å²) in [6.07, 6.45) is -1.43. The summed E-state index contributed by atoms with van der Waals surface area (Å²) < 4.78 is 0. The van der Waals surface area contributed by atoms with Crippen molar-refractivity contribution in [1.29, 1.82) is 0 Å². The van der Waals surface area contributed by atoms with Crippen molar-refractivity contribution in [3.05, 3.63) is 0 Å². The third-order valence-electron chi connectivity index (χ3n) is 0.697. The van der Waals surface area contributed by atoms with Gasteiger partial charge in [-0.05, 0) is 0 Å². The van der Waals surface area contributed by atoms with Crippen molar-refractivity contribution in [3.63, 3.8) is 0 Å². The molecule has 5 nitrogen and oxygen atoms in total. The molecule has 58 valence electrons. The molecule has 0 aromatic heterocycles. The molecular formula is C5H7LiO5. The first kappa shape index (κ1) is 12.8. The number of aliphatic carboxylic acids is 2. The molecule has 6 heteroatoms. The van der Waals surface area contributed by atoms with Gasteiger partial charge in [0.25, 0.3) is 0 Å². The number of hydrogen-bond donors (Lipinski definition) is 2. The monoisotopic (exact) mass is 154 g/mol. The molecule has 0 radical (unpaired) electrons. The molecule has 0 rings (SSSR count). The average Bonchev–Trinajstić information content (AvgIpc) is 1.58. The molecule has 2 N–H and O–H groups in total. The van der Waals surface area contributed by atoms with E-state index in [2.05, 4.69) is 0 Å². The maximum absolute atomic E-state index is 10.3. The smallest absolute Gasteiger partial charge is 1.00 e. The topological polar surface area (TPSA) is 91.7 Å². The van der Waals surface area contributed by atoms with Crippen LogP contribution in [0.1, 0.15) is 14.3 Å². The molecular weight excluding hydrogens is 147 g/mol. The molecule has 0 bridgehead atoms. The molecule has 0 spiro atoms. The minimum Gasteiger partial charge on any atom is -1.00 e. The molecule has 0 saturated carbocycles. The second-order valence-corrected chi connectivity index (χ2v) is 1.68. The van der Waals surface area contributed by atoms with Gasteiger partial charge in [0, 0.05) is 0 Å². The quantitative estimate of drug-likeness (QED) is 0.325. The van der Waals surface area contributed by atoms with Gasteiger partial charge in [-0.1, -0.05) is 0 Å². The Morgan fingerprint density at radius 1 is 1.00 bits per heavy atom. The Balaban J connectivity index is -0.000000405. The van der Waals surface area contributed by atoms with Crippen LogP contribution in [0.3, 0.4) is 0 Å². The molecule has 0 fully saturated rings. The van der Waals surface area contributed by atoms with Gasteiger partial charge in [0.1, 0.15) is 12.8 Å². The molecule has 0 aliphatic rings. The van der Waals surface area contributed by atoms with Crippen molar-refractivity contribution in [1.82, 2.24) is 0 Å². The minimum absolute atomic E-state index is 0. The summed E-state index contributed by atoms with van der Waals surface area (Å²) in [5.41, 5.74) is 0. The van der Waals surface area contributed by atoms with E-state index in [0.717, 1.165) is 0 Å². The fraction of sp³-hybridized carbons (Fsp3) is 0.400. The number of carbonyl (C=O) groups excluding carboxylic acids is 1. The largest absolute Gasteiger partial charge is 1.00 e. The maximum Gasteiger partial charge on any atom is 1.00 e. The summed E-state index contributed by atoms with van der Waals surface area (Å²) in [5, 5.41) is 16.0. The van der Waals surface area contributed by atoms with E-state index in [1.807, 2.05) is 0 Å². The van der Waals surface area contributed by atoms with Crippen LogP contribution in [-0.4, -0.2) is 27.9 Å². The van der Waals surface area contributed by atoms with Crippen molar-refractivity contribution < 1.29 is 44.9 Å². The number of carbonyl (C=O) groups is 3. The number of carboxylic acid groups (broad SMARTS) is 2. The number of carboxylic acids is 2. The van der Waals surface area contributed by atoms with Gasteiger partial charge in [-0.15, -0.1) is 0 Å². The third kappa shape index (κ3) is 9.21. The Labute approximate surface area is 76.1 Å². The summed E-state index contributed by atoms with van der Waals surface area (Å²) >= 11 is 0. The SMILES string of the molecule is O=C(O)CC(=O)CC(=O)O.[H-].[Li+]. The summed E-state index contributed by atoms with van der Waals surface area (Å²) in [7, 11) is 0. The first-order chi connectivity index (χ1) is 4.52. The van der Waals surface area contributed by atoms with Gasteiger partial charge in [-0.25, -0.2) is 0 Å².